The van der Waals surface area contributed by atoms with Gasteiger partial charge < -0.3 is 4.90 Å². The van der Waals surface area contributed by atoms with Crippen molar-refractivity contribution < 1.29 is 4.79 Å². The Kier molecular flexibility index (Phi) is 4.07. The minimum atomic E-state index is -0.177. The first-order valence-electron chi connectivity index (χ1n) is 8.73. The number of hydrogen-bond acceptors (Lipinski definition) is 2. The number of carbonyl (C=O) groups is 1. The van der Waals surface area contributed by atoms with Gasteiger partial charge in [0.05, 0.1) is 11.7 Å². The van der Waals surface area contributed by atoms with E-state index in [4.69, 9.17) is 0 Å². The van der Waals surface area contributed by atoms with E-state index in [-0.39, 0.29) is 5.54 Å². The number of carbonyl (C=O) groups excluding carboxylic acids is 1. The van der Waals surface area contributed by atoms with Crippen molar-refractivity contribution in [2.75, 3.05) is 6.54 Å². The molecule has 0 aromatic heterocycles. The topological polar surface area (TPSA) is 32.3 Å². The van der Waals surface area contributed by atoms with Gasteiger partial charge in [-0.15, -0.1) is 0 Å². The zero-order valence-electron chi connectivity index (χ0n) is 13.2. The summed E-state index contributed by atoms with van der Waals surface area (Å²) in [6.45, 7) is 5.58. The molecule has 3 fully saturated rings. The van der Waals surface area contributed by atoms with Gasteiger partial charge in [0.25, 0.3) is 0 Å². The fourth-order valence-electron chi connectivity index (χ4n) is 4.69. The first-order valence-corrected chi connectivity index (χ1v) is 8.73. The molecule has 3 aliphatic rings. The van der Waals surface area contributed by atoms with Crippen molar-refractivity contribution in [3.8, 4) is 0 Å². The van der Waals surface area contributed by atoms with Crippen LogP contribution in [0.4, 0.5) is 0 Å². The average Bonchev–Trinajstić information content (AvgIpc) is 3.10. The smallest absolute Gasteiger partial charge is 0.244 e. The molecule has 2 aliphatic carbocycles. The van der Waals surface area contributed by atoms with Crippen LogP contribution in [0.1, 0.15) is 71.6 Å². The fourth-order valence-corrected chi connectivity index (χ4v) is 4.69. The molecule has 0 radical (unpaired) electrons. The Labute approximate surface area is 123 Å². The molecule has 0 bridgehead atoms. The van der Waals surface area contributed by atoms with Gasteiger partial charge in [-0.05, 0) is 43.9 Å². The summed E-state index contributed by atoms with van der Waals surface area (Å²) in [5.41, 5.74) is -0.177. The molecule has 1 amide bonds. The highest BCUT2D eigenvalue weighted by Gasteiger charge is 2.52. The van der Waals surface area contributed by atoms with Crippen molar-refractivity contribution in [1.82, 2.24) is 10.2 Å². The normalized spacial score (nSPS) is 36.4. The highest BCUT2D eigenvalue weighted by atomic mass is 16.2. The molecule has 3 rings (SSSR count). The SMILES string of the molecule is CCCC1NC2(CCCC2)C(=O)N1CC1CCC(C)C1. The van der Waals surface area contributed by atoms with Crippen LogP contribution in [0.5, 0.6) is 0 Å². The van der Waals surface area contributed by atoms with Gasteiger partial charge in [0.1, 0.15) is 0 Å². The fraction of sp³-hybridized carbons (Fsp3) is 0.941. The molecule has 0 aromatic rings. The largest absolute Gasteiger partial charge is 0.325 e. The minimum absolute atomic E-state index is 0.177. The Hall–Kier alpha value is -0.570. The van der Waals surface area contributed by atoms with Gasteiger partial charge in [0, 0.05) is 6.54 Å². The van der Waals surface area contributed by atoms with Crippen LogP contribution >= 0.6 is 0 Å². The van der Waals surface area contributed by atoms with Crippen molar-refractivity contribution >= 4 is 5.91 Å². The van der Waals surface area contributed by atoms with E-state index in [0.29, 0.717) is 12.1 Å². The Morgan fingerprint density at radius 3 is 2.65 bits per heavy atom. The number of nitrogens with one attached hydrogen (secondary N) is 1. The molecular weight excluding hydrogens is 248 g/mol. The number of amides is 1. The standard InChI is InChI=1S/C17H30N2O/c1-3-6-15-18-17(9-4-5-10-17)16(20)19(15)12-14-8-7-13(2)11-14/h13-15,18H,3-12H2,1-2H3. The first kappa shape index (κ1) is 14.4. The van der Waals surface area contributed by atoms with E-state index in [1.807, 2.05) is 0 Å². The van der Waals surface area contributed by atoms with Gasteiger partial charge in [-0.3, -0.25) is 10.1 Å². The Morgan fingerprint density at radius 1 is 1.30 bits per heavy atom. The molecule has 1 N–H and O–H groups in total. The third kappa shape index (κ3) is 2.49. The monoisotopic (exact) mass is 278 g/mol. The number of rotatable bonds is 4. The summed E-state index contributed by atoms with van der Waals surface area (Å²) in [6.07, 6.45) is 11.1. The van der Waals surface area contributed by atoms with Crippen LogP contribution in [0.3, 0.4) is 0 Å². The van der Waals surface area contributed by atoms with Gasteiger partial charge in [0.2, 0.25) is 5.91 Å². The lowest BCUT2D eigenvalue weighted by Gasteiger charge is -2.27. The second-order valence-electron chi connectivity index (χ2n) is 7.48. The summed E-state index contributed by atoms with van der Waals surface area (Å²) in [4.78, 5) is 15.2. The van der Waals surface area contributed by atoms with Crippen molar-refractivity contribution in [2.24, 2.45) is 11.8 Å². The molecule has 3 heteroatoms. The molecule has 3 unspecified atom stereocenters. The van der Waals surface area contributed by atoms with Crippen LogP contribution in [0.2, 0.25) is 0 Å². The Balaban J connectivity index is 1.70. The maximum absolute atomic E-state index is 12.9. The van der Waals surface area contributed by atoms with Crippen LogP contribution in [-0.2, 0) is 4.79 Å². The average molecular weight is 278 g/mol. The Bertz CT molecular complexity index is 362. The maximum Gasteiger partial charge on any atom is 0.244 e. The summed E-state index contributed by atoms with van der Waals surface area (Å²) in [5.74, 6) is 2.02. The summed E-state index contributed by atoms with van der Waals surface area (Å²) in [6, 6.07) is 0. The van der Waals surface area contributed by atoms with E-state index in [1.54, 1.807) is 0 Å². The lowest BCUT2D eigenvalue weighted by Crippen LogP contribution is -2.44. The van der Waals surface area contributed by atoms with E-state index in [9.17, 15) is 4.79 Å². The van der Waals surface area contributed by atoms with Gasteiger partial charge in [0.15, 0.2) is 0 Å². The molecular formula is C17H30N2O. The van der Waals surface area contributed by atoms with Crippen LogP contribution in [0.15, 0.2) is 0 Å². The Morgan fingerprint density at radius 2 is 2.05 bits per heavy atom. The second kappa shape index (κ2) is 5.67. The second-order valence-corrected chi connectivity index (χ2v) is 7.48. The predicted octanol–water partition coefficient (Wildman–Crippen LogP) is 3.29. The van der Waals surface area contributed by atoms with Crippen LogP contribution in [-0.4, -0.2) is 29.1 Å². The van der Waals surface area contributed by atoms with Crippen LogP contribution in [0, 0.1) is 11.8 Å². The summed E-state index contributed by atoms with van der Waals surface area (Å²) in [5, 5.41) is 3.73. The highest BCUT2D eigenvalue weighted by molar-refractivity contribution is 5.89. The molecule has 2 saturated carbocycles. The molecule has 1 heterocycles. The van der Waals surface area contributed by atoms with Gasteiger partial charge in [-0.1, -0.05) is 39.5 Å². The van der Waals surface area contributed by atoms with Crippen LogP contribution in [0.25, 0.3) is 0 Å². The summed E-state index contributed by atoms with van der Waals surface area (Å²) < 4.78 is 0. The third-order valence-electron chi connectivity index (χ3n) is 5.77. The van der Waals surface area contributed by atoms with Crippen LogP contribution < -0.4 is 5.32 Å². The molecule has 1 spiro atoms. The molecule has 1 aliphatic heterocycles. The molecule has 3 atom stereocenters. The van der Waals surface area contributed by atoms with Crippen molar-refractivity contribution in [3.05, 3.63) is 0 Å². The number of nitrogens with zero attached hydrogens (tertiary/aromatic N) is 1. The minimum Gasteiger partial charge on any atom is -0.325 e. The lowest BCUT2D eigenvalue weighted by atomic mass is 9.97. The zero-order valence-corrected chi connectivity index (χ0v) is 13.2. The van der Waals surface area contributed by atoms with E-state index < -0.39 is 0 Å². The quantitative estimate of drug-likeness (QED) is 0.856. The molecule has 114 valence electrons. The van der Waals surface area contributed by atoms with E-state index in [0.717, 1.165) is 44.1 Å². The van der Waals surface area contributed by atoms with Crippen molar-refractivity contribution in [3.63, 3.8) is 0 Å². The van der Waals surface area contributed by atoms with Gasteiger partial charge >= 0.3 is 0 Å². The van der Waals surface area contributed by atoms with Crippen molar-refractivity contribution in [1.29, 1.82) is 0 Å². The maximum atomic E-state index is 12.9. The van der Waals surface area contributed by atoms with Gasteiger partial charge in [-0.25, -0.2) is 0 Å². The molecule has 1 saturated heterocycles. The molecule has 3 nitrogen and oxygen atoms in total. The summed E-state index contributed by atoms with van der Waals surface area (Å²) >= 11 is 0. The van der Waals surface area contributed by atoms with E-state index in [1.165, 1.54) is 32.1 Å². The molecule has 0 aromatic carbocycles. The lowest BCUT2D eigenvalue weighted by molar-refractivity contribution is -0.133. The predicted molar refractivity (Wildman–Crippen MR) is 81.2 cm³/mol. The first-order chi connectivity index (χ1) is 9.64. The zero-order chi connectivity index (χ0) is 14.2. The van der Waals surface area contributed by atoms with E-state index in [2.05, 4.69) is 24.1 Å². The number of hydrogen-bond donors (Lipinski definition) is 1. The third-order valence-corrected chi connectivity index (χ3v) is 5.77. The van der Waals surface area contributed by atoms with Crippen molar-refractivity contribution in [2.45, 2.75) is 83.3 Å². The van der Waals surface area contributed by atoms with E-state index >= 15 is 0 Å². The van der Waals surface area contributed by atoms with Gasteiger partial charge in [-0.2, -0.15) is 0 Å². The highest BCUT2D eigenvalue weighted by Crippen LogP contribution is 2.39. The summed E-state index contributed by atoms with van der Waals surface area (Å²) in [7, 11) is 0. The molecule has 20 heavy (non-hydrogen) atoms.